The second kappa shape index (κ2) is 8.67. The van der Waals surface area contributed by atoms with Crippen molar-refractivity contribution in [2.24, 2.45) is 0 Å². The van der Waals surface area contributed by atoms with Gasteiger partial charge in [0.1, 0.15) is 0 Å². The number of aliphatic carboxylic acids is 1. The molecular formula is C21H23N3O4. The second-order valence-electron chi connectivity index (χ2n) is 6.61. The van der Waals surface area contributed by atoms with Gasteiger partial charge in [-0.3, -0.25) is 9.88 Å². The molecule has 7 nitrogen and oxygen atoms in total. The zero-order chi connectivity index (χ0) is 20.1. The minimum atomic E-state index is -1.03. The first-order valence-corrected chi connectivity index (χ1v) is 8.92. The largest absolute Gasteiger partial charge is 0.493 e. The van der Waals surface area contributed by atoms with E-state index in [1.54, 1.807) is 12.3 Å². The number of hydrogen-bond donors (Lipinski definition) is 1. The number of hydrogen-bond acceptors (Lipinski definition) is 6. The van der Waals surface area contributed by atoms with Gasteiger partial charge in [-0.25, -0.2) is 9.78 Å². The van der Waals surface area contributed by atoms with Crippen molar-refractivity contribution >= 4 is 17.0 Å². The highest BCUT2D eigenvalue weighted by Crippen LogP contribution is 2.29. The molecule has 0 aliphatic heterocycles. The van der Waals surface area contributed by atoms with Gasteiger partial charge in [0, 0.05) is 13.1 Å². The Morgan fingerprint density at radius 1 is 1.14 bits per heavy atom. The van der Waals surface area contributed by atoms with Crippen LogP contribution in [-0.2, 0) is 17.9 Å². The molecular weight excluding hydrogens is 358 g/mol. The maximum Gasteiger partial charge on any atom is 0.344 e. The Labute approximate surface area is 163 Å². The number of methoxy groups -OCH3 is 1. The zero-order valence-corrected chi connectivity index (χ0v) is 16.1. The molecule has 0 saturated heterocycles. The Morgan fingerprint density at radius 3 is 2.61 bits per heavy atom. The summed E-state index contributed by atoms with van der Waals surface area (Å²) in [5, 5.41) is 9.00. The van der Waals surface area contributed by atoms with E-state index in [0.717, 1.165) is 22.3 Å². The fourth-order valence-electron chi connectivity index (χ4n) is 2.86. The molecule has 3 rings (SSSR count). The molecule has 0 radical (unpaired) electrons. The van der Waals surface area contributed by atoms with Crippen molar-refractivity contribution in [3.8, 4) is 11.5 Å². The topological polar surface area (TPSA) is 84.8 Å². The van der Waals surface area contributed by atoms with Crippen LogP contribution in [0.4, 0.5) is 0 Å². The van der Waals surface area contributed by atoms with Gasteiger partial charge in [0.15, 0.2) is 17.6 Å². The summed E-state index contributed by atoms with van der Waals surface area (Å²) in [6.07, 6.45) is 0.845. The molecule has 0 aliphatic carbocycles. The standard InChI is InChI=1S/C21H23N3O4/c1-14(21(25)26)28-19-9-8-15(10-20(19)27-3)12-24(2)13-16-11-22-17-6-4-5-7-18(17)23-16/h4-11,14H,12-13H2,1-3H3,(H,25,26). The van der Waals surface area contributed by atoms with E-state index in [1.165, 1.54) is 14.0 Å². The maximum atomic E-state index is 11.0. The SMILES string of the molecule is COc1cc(CN(C)Cc2cnc3ccccc3n2)ccc1OC(C)C(=O)O. The highest BCUT2D eigenvalue weighted by atomic mass is 16.5. The Morgan fingerprint density at radius 2 is 1.89 bits per heavy atom. The summed E-state index contributed by atoms with van der Waals surface area (Å²) in [5.74, 6) is -0.115. The fourth-order valence-corrected chi connectivity index (χ4v) is 2.86. The van der Waals surface area contributed by atoms with Crippen LogP contribution in [0.1, 0.15) is 18.2 Å². The van der Waals surface area contributed by atoms with Crippen molar-refractivity contribution in [1.82, 2.24) is 14.9 Å². The van der Waals surface area contributed by atoms with Crippen LogP contribution in [0.2, 0.25) is 0 Å². The van der Waals surface area contributed by atoms with Gasteiger partial charge in [0.05, 0.1) is 30.0 Å². The van der Waals surface area contributed by atoms with Crippen molar-refractivity contribution in [1.29, 1.82) is 0 Å². The van der Waals surface area contributed by atoms with Gasteiger partial charge in [-0.1, -0.05) is 18.2 Å². The molecule has 0 bridgehead atoms. The number of aromatic nitrogens is 2. The lowest BCUT2D eigenvalue weighted by molar-refractivity contribution is -0.144. The van der Waals surface area contributed by atoms with Crippen LogP contribution >= 0.6 is 0 Å². The van der Waals surface area contributed by atoms with Crippen LogP contribution in [-0.4, -0.2) is 46.2 Å². The van der Waals surface area contributed by atoms with Crippen LogP contribution in [0.3, 0.4) is 0 Å². The number of carboxylic acid groups (broad SMARTS) is 1. The van der Waals surface area contributed by atoms with Gasteiger partial charge in [0.25, 0.3) is 0 Å². The molecule has 0 fully saturated rings. The van der Waals surface area contributed by atoms with E-state index >= 15 is 0 Å². The molecule has 0 aliphatic rings. The Hall–Kier alpha value is -3.19. The molecule has 1 atom stereocenters. The van der Waals surface area contributed by atoms with E-state index in [0.29, 0.717) is 24.6 Å². The normalized spacial score (nSPS) is 12.1. The predicted molar refractivity (Wildman–Crippen MR) is 105 cm³/mol. The first kappa shape index (κ1) is 19.6. The van der Waals surface area contributed by atoms with Crippen LogP contribution in [0, 0.1) is 0 Å². The number of para-hydroxylation sites is 2. The summed E-state index contributed by atoms with van der Waals surface area (Å²) in [6, 6.07) is 13.3. The molecule has 0 amide bonds. The van der Waals surface area contributed by atoms with Crippen molar-refractivity contribution in [2.45, 2.75) is 26.1 Å². The molecule has 0 spiro atoms. The lowest BCUT2D eigenvalue weighted by Gasteiger charge is -2.18. The first-order valence-electron chi connectivity index (χ1n) is 8.92. The smallest absolute Gasteiger partial charge is 0.344 e. The molecule has 28 heavy (non-hydrogen) atoms. The number of fused-ring (bicyclic) bond motifs is 1. The Balaban J connectivity index is 1.68. The van der Waals surface area contributed by atoms with Crippen molar-refractivity contribution in [3.63, 3.8) is 0 Å². The summed E-state index contributed by atoms with van der Waals surface area (Å²) < 4.78 is 10.8. The fraction of sp³-hybridized carbons (Fsp3) is 0.286. The quantitative estimate of drug-likeness (QED) is 0.642. The van der Waals surface area contributed by atoms with Gasteiger partial charge in [-0.2, -0.15) is 0 Å². The van der Waals surface area contributed by atoms with E-state index in [-0.39, 0.29) is 0 Å². The van der Waals surface area contributed by atoms with E-state index in [1.807, 2.05) is 43.4 Å². The summed E-state index contributed by atoms with van der Waals surface area (Å²) in [4.78, 5) is 22.2. The number of ether oxygens (including phenoxy) is 2. The van der Waals surface area contributed by atoms with E-state index in [9.17, 15) is 4.79 Å². The summed E-state index contributed by atoms with van der Waals surface area (Å²) in [7, 11) is 3.53. The van der Waals surface area contributed by atoms with E-state index in [4.69, 9.17) is 14.6 Å². The molecule has 7 heteroatoms. The van der Waals surface area contributed by atoms with Crippen LogP contribution in [0.15, 0.2) is 48.7 Å². The average Bonchev–Trinajstić information content (AvgIpc) is 2.68. The second-order valence-corrected chi connectivity index (χ2v) is 6.61. The monoisotopic (exact) mass is 381 g/mol. The number of carbonyl (C=O) groups is 1. The molecule has 1 aromatic heterocycles. The summed E-state index contributed by atoms with van der Waals surface area (Å²) in [5.41, 5.74) is 3.67. The number of rotatable bonds is 8. The molecule has 146 valence electrons. The zero-order valence-electron chi connectivity index (χ0n) is 16.1. The van der Waals surface area contributed by atoms with Crippen molar-refractivity contribution in [2.75, 3.05) is 14.2 Å². The first-order chi connectivity index (χ1) is 13.5. The van der Waals surface area contributed by atoms with Gasteiger partial charge in [-0.05, 0) is 43.8 Å². The predicted octanol–water partition coefficient (Wildman–Crippen LogP) is 3.12. The third-order valence-electron chi connectivity index (χ3n) is 4.26. The van der Waals surface area contributed by atoms with Crippen LogP contribution in [0.25, 0.3) is 11.0 Å². The van der Waals surface area contributed by atoms with Gasteiger partial charge >= 0.3 is 5.97 Å². The van der Waals surface area contributed by atoms with E-state index in [2.05, 4.69) is 14.9 Å². The molecule has 1 heterocycles. The molecule has 3 aromatic rings. The van der Waals surface area contributed by atoms with Gasteiger partial charge in [0.2, 0.25) is 0 Å². The third-order valence-corrected chi connectivity index (χ3v) is 4.26. The molecule has 1 N–H and O–H groups in total. The van der Waals surface area contributed by atoms with Gasteiger partial charge < -0.3 is 14.6 Å². The van der Waals surface area contributed by atoms with E-state index < -0.39 is 12.1 Å². The van der Waals surface area contributed by atoms with Crippen LogP contribution < -0.4 is 9.47 Å². The van der Waals surface area contributed by atoms with Crippen LogP contribution in [0.5, 0.6) is 11.5 Å². The van der Waals surface area contributed by atoms with Crippen molar-refractivity contribution in [3.05, 3.63) is 59.9 Å². The molecule has 1 unspecified atom stereocenters. The van der Waals surface area contributed by atoms with Gasteiger partial charge in [-0.15, -0.1) is 0 Å². The number of benzene rings is 2. The van der Waals surface area contributed by atoms with Crippen molar-refractivity contribution < 1.29 is 19.4 Å². The Kier molecular flexibility index (Phi) is 6.06. The Bertz CT molecular complexity index is 977. The number of carboxylic acids is 1. The number of nitrogens with zero attached hydrogens (tertiary/aromatic N) is 3. The summed E-state index contributed by atoms with van der Waals surface area (Å²) >= 11 is 0. The lowest BCUT2D eigenvalue weighted by Crippen LogP contribution is -2.23. The average molecular weight is 381 g/mol. The maximum absolute atomic E-state index is 11.0. The minimum absolute atomic E-state index is 0.407. The minimum Gasteiger partial charge on any atom is -0.493 e. The lowest BCUT2D eigenvalue weighted by atomic mass is 10.2. The molecule has 0 saturated carbocycles. The third kappa shape index (κ3) is 4.75. The highest BCUT2D eigenvalue weighted by molar-refractivity contribution is 5.73. The highest BCUT2D eigenvalue weighted by Gasteiger charge is 2.16. The summed E-state index contributed by atoms with van der Waals surface area (Å²) in [6.45, 7) is 2.79. The molecule has 2 aromatic carbocycles.